The van der Waals surface area contributed by atoms with Gasteiger partial charge in [-0.1, -0.05) is 43.9 Å². The molecule has 1 saturated carbocycles. The lowest BCUT2D eigenvalue weighted by Crippen LogP contribution is -2.48. The predicted molar refractivity (Wildman–Crippen MR) is 151 cm³/mol. The number of benzene rings is 2. The Morgan fingerprint density at radius 3 is 2.08 bits per heavy atom. The Kier molecular flexibility index (Phi) is 11.8. The zero-order chi connectivity index (χ0) is 28.0. The first-order valence-corrected chi connectivity index (χ1v) is 13.5. The third-order valence-corrected chi connectivity index (χ3v) is 6.80. The summed E-state index contributed by atoms with van der Waals surface area (Å²) in [5.74, 6) is 11.1. The molecule has 2 atom stereocenters. The molecule has 0 unspecified atom stereocenters. The number of rotatable bonds is 10. The summed E-state index contributed by atoms with van der Waals surface area (Å²) in [6.45, 7) is 0.594. The molecule has 0 bridgehead atoms. The van der Waals surface area contributed by atoms with E-state index in [0.29, 0.717) is 17.5 Å². The zero-order valence-corrected chi connectivity index (χ0v) is 22.3. The van der Waals surface area contributed by atoms with Gasteiger partial charge in [-0.2, -0.15) is 0 Å². The van der Waals surface area contributed by atoms with Crippen molar-refractivity contribution in [3.05, 3.63) is 65.2 Å². The first kappa shape index (κ1) is 29.6. The average Bonchev–Trinajstić information content (AvgIpc) is 2.95. The summed E-state index contributed by atoms with van der Waals surface area (Å²) in [7, 11) is 0. The lowest BCUT2D eigenvalue weighted by Gasteiger charge is -2.21. The lowest BCUT2D eigenvalue weighted by molar-refractivity contribution is -0.126. The molecular formula is C32H36N2O5. The van der Waals surface area contributed by atoms with Crippen LogP contribution in [0.15, 0.2) is 48.5 Å². The first-order chi connectivity index (χ1) is 18.9. The van der Waals surface area contributed by atoms with Crippen LogP contribution in [0.1, 0.15) is 79.8 Å². The largest absolute Gasteiger partial charge is 0.391 e. The Morgan fingerprint density at radius 2 is 1.51 bits per heavy atom. The number of carbonyl (C=O) groups excluding carboxylic acids is 3. The number of hydrogen-bond acceptors (Lipinski definition) is 5. The summed E-state index contributed by atoms with van der Waals surface area (Å²) in [6.07, 6.45) is 8.11. The third-order valence-electron chi connectivity index (χ3n) is 6.80. The number of aliphatic hydroxyl groups is 2. The minimum atomic E-state index is -1.18. The SMILES string of the molecule is C[C@@H](O)[C@H](NC(=O)c1ccc(C#CC#Cc2ccc(NC(=O)CCCC3CCCCC3)cc2)cc1)C(=O)CO. The van der Waals surface area contributed by atoms with Crippen LogP contribution in [-0.2, 0) is 9.59 Å². The Bertz CT molecular complexity index is 1240. The molecule has 2 aromatic carbocycles. The normalized spacial score (nSPS) is 14.5. The van der Waals surface area contributed by atoms with Crippen molar-refractivity contribution in [1.82, 2.24) is 5.32 Å². The van der Waals surface area contributed by atoms with Crippen LogP contribution in [0.3, 0.4) is 0 Å². The number of carbonyl (C=O) groups is 3. The van der Waals surface area contributed by atoms with Crippen molar-refractivity contribution in [1.29, 1.82) is 0 Å². The van der Waals surface area contributed by atoms with E-state index >= 15 is 0 Å². The summed E-state index contributed by atoms with van der Waals surface area (Å²) < 4.78 is 0. The summed E-state index contributed by atoms with van der Waals surface area (Å²) in [5.41, 5.74) is 2.47. The van der Waals surface area contributed by atoms with Crippen LogP contribution in [0, 0.1) is 29.6 Å². The molecule has 39 heavy (non-hydrogen) atoms. The molecule has 1 aliphatic carbocycles. The van der Waals surface area contributed by atoms with Crippen LogP contribution in [0.5, 0.6) is 0 Å². The molecule has 0 heterocycles. The molecule has 0 spiro atoms. The summed E-state index contributed by atoms with van der Waals surface area (Å²) in [4.78, 5) is 36.3. The van der Waals surface area contributed by atoms with Crippen molar-refractivity contribution in [2.24, 2.45) is 5.92 Å². The maximum absolute atomic E-state index is 12.4. The highest BCUT2D eigenvalue weighted by molar-refractivity contribution is 5.98. The van der Waals surface area contributed by atoms with Crippen LogP contribution < -0.4 is 10.6 Å². The van der Waals surface area contributed by atoms with E-state index in [4.69, 9.17) is 5.11 Å². The van der Waals surface area contributed by atoms with Gasteiger partial charge in [0.1, 0.15) is 12.6 Å². The monoisotopic (exact) mass is 528 g/mol. The van der Waals surface area contributed by atoms with Crippen molar-refractivity contribution in [3.63, 3.8) is 0 Å². The summed E-state index contributed by atoms with van der Waals surface area (Å²) in [5, 5.41) is 24.1. The van der Waals surface area contributed by atoms with Gasteiger partial charge in [0, 0.05) is 28.8 Å². The number of ketones is 1. The standard InChI is InChI=1S/C32H36N2O5/c1-23(36)31(29(37)22-35)34-32(39)27-18-14-25(15-19-27)10-5-6-11-26-16-20-28(21-17-26)33-30(38)13-7-12-24-8-3-2-4-9-24/h14-21,23-24,31,35-36H,2-4,7-9,12-13,22H2,1H3,(H,33,38)(H,34,39)/t23-,31+/m1/s1. The van der Waals surface area contributed by atoms with Gasteiger partial charge in [-0.05, 0) is 86.1 Å². The highest BCUT2D eigenvalue weighted by Crippen LogP contribution is 2.27. The molecule has 2 aromatic rings. The Balaban J connectivity index is 1.46. The van der Waals surface area contributed by atoms with E-state index < -0.39 is 30.4 Å². The number of amides is 2. The minimum absolute atomic E-state index is 0.0421. The van der Waals surface area contributed by atoms with Crippen molar-refractivity contribution in [2.45, 2.75) is 70.4 Å². The van der Waals surface area contributed by atoms with Crippen molar-refractivity contribution >= 4 is 23.3 Å². The van der Waals surface area contributed by atoms with Crippen molar-refractivity contribution < 1.29 is 24.6 Å². The molecule has 0 radical (unpaired) electrons. The molecule has 0 saturated heterocycles. The Hall–Kier alpha value is -3.91. The lowest BCUT2D eigenvalue weighted by atomic mass is 9.86. The van der Waals surface area contributed by atoms with E-state index in [1.54, 1.807) is 24.3 Å². The van der Waals surface area contributed by atoms with E-state index in [-0.39, 0.29) is 5.91 Å². The van der Waals surface area contributed by atoms with Gasteiger partial charge in [0.05, 0.1) is 6.10 Å². The van der Waals surface area contributed by atoms with Crippen LogP contribution in [0.25, 0.3) is 0 Å². The molecule has 7 heteroatoms. The molecule has 204 valence electrons. The summed E-state index contributed by atoms with van der Waals surface area (Å²) in [6, 6.07) is 12.6. The maximum atomic E-state index is 12.4. The second kappa shape index (κ2) is 15.5. The molecule has 4 N–H and O–H groups in total. The quantitative estimate of drug-likeness (QED) is 0.350. The fraction of sp³-hybridized carbons (Fsp3) is 0.406. The second-order valence-electron chi connectivity index (χ2n) is 9.92. The Morgan fingerprint density at radius 1 is 0.923 bits per heavy atom. The van der Waals surface area contributed by atoms with Gasteiger partial charge in [-0.15, -0.1) is 0 Å². The van der Waals surface area contributed by atoms with Crippen LogP contribution in [-0.4, -0.2) is 46.6 Å². The van der Waals surface area contributed by atoms with Crippen LogP contribution in [0.2, 0.25) is 0 Å². The predicted octanol–water partition coefficient (Wildman–Crippen LogP) is 3.82. The molecule has 0 aromatic heterocycles. The number of nitrogens with one attached hydrogen (secondary N) is 2. The molecule has 3 rings (SSSR count). The van der Waals surface area contributed by atoms with E-state index in [9.17, 15) is 19.5 Å². The molecule has 0 aliphatic heterocycles. The minimum Gasteiger partial charge on any atom is -0.391 e. The molecule has 1 fully saturated rings. The van der Waals surface area contributed by atoms with Gasteiger partial charge in [-0.3, -0.25) is 14.4 Å². The van der Waals surface area contributed by atoms with Crippen LogP contribution in [0.4, 0.5) is 5.69 Å². The maximum Gasteiger partial charge on any atom is 0.251 e. The highest BCUT2D eigenvalue weighted by atomic mass is 16.3. The van der Waals surface area contributed by atoms with E-state index in [1.165, 1.54) is 39.0 Å². The topological polar surface area (TPSA) is 116 Å². The number of anilines is 1. The van der Waals surface area contributed by atoms with Crippen molar-refractivity contribution in [3.8, 4) is 23.7 Å². The molecule has 2 amide bonds. The van der Waals surface area contributed by atoms with Gasteiger partial charge in [0.2, 0.25) is 5.91 Å². The van der Waals surface area contributed by atoms with Gasteiger partial charge in [-0.25, -0.2) is 0 Å². The van der Waals surface area contributed by atoms with Crippen LogP contribution >= 0.6 is 0 Å². The van der Waals surface area contributed by atoms with E-state index in [1.807, 2.05) is 24.3 Å². The molecule has 1 aliphatic rings. The Labute approximate surface area is 230 Å². The molecular weight excluding hydrogens is 492 g/mol. The van der Waals surface area contributed by atoms with Gasteiger partial charge in [0.15, 0.2) is 5.78 Å². The second-order valence-corrected chi connectivity index (χ2v) is 9.92. The van der Waals surface area contributed by atoms with E-state index in [2.05, 4.69) is 34.3 Å². The molecule has 7 nitrogen and oxygen atoms in total. The number of aliphatic hydroxyl groups excluding tert-OH is 2. The fourth-order valence-electron chi connectivity index (χ4n) is 4.59. The van der Waals surface area contributed by atoms with E-state index in [0.717, 1.165) is 30.0 Å². The third kappa shape index (κ3) is 10.1. The van der Waals surface area contributed by atoms with Crippen molar-refractivity contribution in [2.75, 3.05) is 11.9 Å². The zero-order valence-electron chi connectivity index (χ0n) is 22.3. The average molecular weight is 529 g/mol. The van der Waals surface area contributed by atoms with Gasteiger partial charge >= 0.3 is 0 Å². The highest BCUT2D eigenvalue weighted by Gasteiger charge is 2.25. The van der Waals surface area contributed by atoms with Gasteiger partial charge in [0.25, 0.3) is 5.91 Å². The number of Topliss-reactive ketones (excluding diaryl/α,β-unsaturated/α-hetero) is 1. The first-order valence-electron chi connectivity index (χ1n) is 13.5. The number of hydrogen-bond donors (Lipinski definition) is 4. The summed E-state index contributed by atoms with van der Waals surface area (Å²) >= 11 is 0. The van der Waals surface area contributed by atoms with Gasteiger partial charge < -0.3 is 20.8 Å². The smallest absolute Gasteiger partial charge is 0.251 e. The fourth-order valence-corrected chi connectivity index (χ4v) is 4.59.